The van der Waals surface area contributed by atoms with Gasteiger partial charge < -0.3 is 41.1 Å². The van der Waals surface area contributed by atoms with Gasteiger partial charge in [-0.15, -0.1) is 0 Å². The largest absolute Gasteiger partial charge is 0.481 e. The molecule has 0 fully saturated rings. The lowest BCUT2D eigenvalue weighted by atomic mass is 9.92. The molecule has 0 radical (unpaired) electrons. The highest BCUT2D eigenvalue weighted by atomic mass is 16.6. The van der Waals surface area contributed by atoms with Crippen molar-refractivity contribution in [1.29, 1.82) is 0 Å². The van der Waals surface area contributed by atoms with E-state index >= 15 is 0 Å². The molecule has 0 aromatic rings. The van der Waals surface area contributed by atoms with Crippen LogP contribution in [0.4, 0.5) is 4.79 Å². The van der Waals surface area contributed by atoms with Crippen LogP contribution in [0.3, 0.4) is 0 Å². The average Bonchev–Trinajstić information content (AvgIpc) is 2.90. The van der Waals surface area contributed by atoms with Gasteiger partial charge in [0.15, 0.2) is 5.78 Å². The van der Waals surface area contributed by atoms with Gasteiger partial charge in [-0.3, -0.25) is 28.8 Å². The Morgan fingerprint density at radius 1 is 0.622 bits per heavy atom. The van der Waals surface area contributed by atoms with Crippen molar-refractivity contribution >= 4 is 47.6 Å². The van der Waals surface area contributed by atoms with Crippen LogP contribution in [0.5, 0.6) is 0 Å². The van der Waals surface area contributed by atoms with E-state index in [1.54, 1.807) is 20.8 Å². The Morgan fingerprint density at radius 3 is 1.69 bits per heavy atom. The fourth-order valence-corrected chi connectivity index (χ4v) is 4.09. The Labute approximate surface area is 261 Å². The van der Waals surface area contributed by atoms with E-state index in [9.17, 15) is 48.6 Å². The molecule has 16 nitrogen and oxygen atoms in total. The minimum absolute atomic E-state index is 0.0315. The highest BCUT2D eigenvalue weighted by Crippen LogP contribution is 2.16. The van der Waals surface area contributed by atoms with Gasteiger partial charge >= 0.3 is 30.0 Å². The maximum atomic E-state index is 13.0. The van der Waals surface area contributed by atoms with Crippen LogP contribution >= 0.6 is 0 Å². The number of alkyl carbamates (subject to hydrolysis) is 1. The van der Waals surface area contributed by atoms with Crippen molar-refractivity contribution in [2.45, 2.75) is 122 Å². The molecule has 0 aliphatic heterocycles. The third-order valence-corrected chi connectivity index (χ3v) is 6.42. The lowest BCUT2D eigenvalue weighted by Gasteiger charge is -2.20. The monoisotopic (exact) mass is 645 g/mol. The lowest BCUT2D eigenvalue weighted by molar-refractivity contribution is -0.145. The van der Waals surface area contributed by atoms with Gasteiger partial charge in [-0.05, 0) is 52.9 Å². The maximum Gasteiger partial charge on any atom is 0.407 e. The van der Waals surface area contributed by atoms with Crippen molar-refractivity contribution in [2.75, 3.05) is 6.54 Å². The molecule has 256 valence electrons. The number of carboxylic acid groups (broad SMARTS) is 4. The van der Waals surface area contributed by atoms with Gasteiger partial charge in [0.1, 0.15) is 11.6 Å². The molecule has 45 heavy (non-hydrogen) atoms. The molecule has 0 aliphatic carbocycles. The first-order valence-electron chi connectivity index (χ1n) is 14.9. The zero-order chi connectivity index (χ0) is 34.6. The molecule has 3 unspecified atom stereocenters. The number of amides is 3. The van der Waals surface area contributed by atoms with E-state index in [1.165, 1.54) is 0 Å². The predicted octanol–water partition coefficient (Wildman–Crippen LogP) is 2.08. The first-order valence-corrected chi connectivity index (χ1v) is 14.9. The summed E-state index contributed by atoms with van der Waals surface area (Å²) >= 11 is 0. The number of ether oxygens (including phenoxy) is 1. The number of ketones is 1. The van der Waals surface area contributed by atoms with Crippen molar-refractivity contribution in [2.24, 2.45) is 5.92 Å². The van der Waals surface area contributed by atoms with E-state index in [1.807, 2.05) is 0 Å². The zero-order valence-electron chi connectivity index (χ0n) is 26.1. The van der Waals surface area contributed by atoms with Gasteiger partial charge in [-0.1, -0.05) is 19.3 Å². The minimum Gasteiger partial charge on any atom is -0.481 e. The van der Waals surface area contributed by atoms with Gasteiger partial charge in [0.2, 0.25) is 11.8 Å². The molecule has 7 N–H and O–H groups in total. The SMILES string of the molecule is CC(C)(C)OC(=O)NCCCCCCCC(=O)NC(CCC(=O)NC(CCC(=O)O)C(=O)O)C(=O)CC(CCC(=O)O)C(=O)O. The second kappa shape index (κ2) is 21.5. The molecule has 0 aromatic heterocycles. The highest BCUT2D eigenvalue weighted by molar-refractivity contribution is 5.92. The standard InChI is InChI=1S/C29H47N3O13/c1-29(2,3)45-28(44)30-16-8-6-4-5-7-9-22(34)31-19(21(33)17-18(26(40)41)10-14-24(36)37)11-13-23(35)32-20(27(42)43)12-15-25(38)39/h18-20H,4-17H2,1-3H3,(H,30,44)(H,31,34)(H,32,35)(H,36,37)(H,38,39)(H,40,41)(H,42,43). The van der Waals surface area contributed by atoms with Crippen LogP contribution in [0, 0.1) is 5.92 Å². The molecule has 16 heteroatoms. The Kier molecular flexibility index (Phi) is 19.4. The van der Waals surface area contributed by atoms with Gasteiger partial charge in [0, 0.05) is 38.6 Å². The van der Waals surface area contributed by atoms with Crippen molar-refractivity contribution in [3.8, 4) is 0 Å². The Balaban J connectivity index is 5.03. The fraction of sp³-hybridized carbons (Fsp3) is 0.724. The summed E-state index contributed by atoms with van der Waals surface area (Å²) in [6, 6.07) is -2.78. The number of nitrogens with one attached hydrogen (secondary N) is 3. The summed E-state index contributed by atoms with van der Waals surface area (Å²) in [7, 11) is 0. The molecule has 0 spiro atoms. The summed E-state index contributed by atoms with van der Waals surface area (Å²) in [6.45, 7) is 5.72. The van der Waals surface area contributed by atoms with Crippen LogP contribution in [-0.4, -0.2) is 92.2 Å². The van der Waals surface area contributed by atoms with Gasteiger partial charge in [-0.2, -0.15) is 0 Å². The average molecular weight is 646 g/mol. The predicted molar refractivity (Wildman–Crippen MR) is 157 cm³/mol. The van der Waals surface area contributed by atoms with E-state index in [0.29, 0.717) is 25.8 Å². The first kappa shape index (κ1) is 40.8. The second-order valence-electron chi connectivity index (χ2n) is 11.6. The summed E-state index contributed by atoms with van der Waals surface area (Å²) in [5.74, 6) is -8.75. The fourth-order valence-electron chi connectivity index (χ4n) is 4.09. The molecular weight excluding hydrogens is 598 g/mol. The number of aliphatic carboxylic acids is 4. The Bertz CT molecular complexity index is 1040. The summed E-state index contributed by atoms with van der Waals surface area (Å²) < 4.78 is 5.15. The zero-order valence-corrected chi connectivity index (χ0v) is 26.1. The molecule has 0 saturated heterocycles. The molecule has 0 rings (SSSR count). The van der Waals surface area contributed by atoms with Crippen LogP contribution in [0.25, 0.3) is 0 Å². The van der Waals surface area contributed by atoms with Crippen molar-refractivity contribution in [1.82, 2.24) is 16.0 Å². The normalized spacial score (nSPS) is 13.0. The van der Waals surface area contributed by atoms with Gasteiger partial charge in [0.05, 0.1) is 12.0 Å². The van der Waals surface area contributed by atoms with E-state index < -0.39 is 96.9 Å². The quantitative estimate of drug-likeness (QED) is 0.0742. The van der Waals surface area contributed by atoms with Gasteiger partial charge in [0.25, 0.3) is 0 Å². The molecule has 0 aliphatic rings. The molecule has 0 aromatic carbocycles. The van der Waals surface area contributed by atoms with E-state index in [-0.39, 0.29) is 25.7 Å². The summed E-state index contributed by atoms with van der Waals surface area (Å²) in [5, 5.41) is 43.7. The van der Waals surface area contributed by atoms with Crippen molar-refractivity contribution in [3.05, 3.63) is 0 Å². The molecule has 3 atom stereocenters. The van der Waals surface area contributed by atoms with Crippen LogP contribution in [0.2, 0.25) is 0 Å². The molecule has 0 saturated carbocycles. The number of unbranched alkanes of at least 4 members (excludes halogenated alkanes) is 4. The number of carbonyl (C=O) groups excluding carboxylic acids is 4. The van der Waals surface area contributed by atoms with Crippen LogP contribution in [-0.2, 0) is 38.3 Å². The summed E-state index contributed by atoms with van der Waals surface area (Å²) in [6.07, 6.45) is -0.106. The smallest absolute Gasteiger partial charge is 0.407 e. The van der Waals surface area contributed by atoms with Crippen molar-refractivity contribution < 1.29 is 63.5 Å². The number of rotatable bonds is 24. The van der Waals surface area contributed by atoms with Crippen molar-refractivity contribution in [3.63, 3.8) is 0 Å². The highest BCUT2D eigenvalue weighted by Gasteiger charge is 2.29. The van der Waals surface area contributed by atoms with E-state index in [2.05, 4.69) is 16.0 Å². The number of carboxylic acids is 4. The van der Waals surface area contributed by atoms with Gasteiger partial charge in [-0.25, -0.2) is 9.59 Å². The number of Topliss-reactive ketones (excluding diaryl/α,β-unsaturated/α-hetero) is 1. The second-order valence-corrected chi connectivity index (χ2v) is 11.6. The summed E-state index contributed by atoms with van der Waals surface area (Å²) in [4.78, 5) is 94.3. The molecular formula is C29H47N3O13. The Hall–Kier alpha value is -4.24. The van der Waals surface area contributed by atoms with E-state index in [0.717, 1.165) is 12.8 Å². The van der Waals surface area contributed by atoms with E-state index in [4.69, 9.17) is 14.9 Å². The van der Waals surface area contributed by atoms with Crippen LogP contribution in [0.1, 0.15) is 104 Å². The number of carbonyl (C=O) groups is 8. The first-order chi connectivity index (χ1) is 20.9. The minimum atomic E-state index is -1.49. The molecule has 0 heterocycles. The maximum absolute atomic E-state index is 13.0. The third-order valence-electron chi connectivity index (χ3n) is 6.42. The lowest BCUT2D eigenvalue weighted by Crippen LogP contribution is -2.44. The topological polar surface area (TPSA) is 263 Å². The van der Waals surface area contributed by atoms with Crippen LogP contribution in [0.15, 0.2) is 0 Å². The molecule has 0 bridgehead atoms. The number of hydrogen-bond donors (Lipinski definition) is 7. The Morgan fingerprint density at radius 2 is 1.13 bits per heavy atom. The number of hydrogen-bond acceptors (Lipinski definition) is 9. The third kappa shape index (κ3) is 22.0. The van der Waals surface area contributed by atoms with Crippen LogP contribution < -0.4 is 16.0 Å². The molecule has 3 amide bonds. The summed E-state index contributed by atoms with van der Waals surface area (Å²) in [5.41, 5.74) is -0.592.